The summed E-state index contributed by atoms with van der Waals surface area (Å²) < 4.78 is 41.9. The van der Waals surface area contributed by atoms with Crippen molar-refractivity contribution in [2.45, 2.75) is 25.6 Å². The molecular weight excluding hydrogens is 237 g/mol. The lowest BCUT2D eigenvalue weighted by atomic mass is 10.2. The second-order valence-corrected chi connectivity index (χ2v) is 3.55. The van der Waals surface area contributed by atoms with Crippen molar-refractivity contribution in [3.8, 4) is 5.75 Å². The Hall–Kier alpha value is -1.72. The van der Waals surface area contributed by atoms with Gasteiger partial charge in [0.15, 0.2) is 0 Å². The molecule has 1 unspecified atom stereocenters. The molecule has 3 nitrogen and oxygen atoms in total. The number of ether oxygens (including phenoxy) is 1. The zero-order valence-electron chi connectivity index (χ0n) is 8.99. The number of hydrogen-bond donors (Lipinski definition) is 1. The average Bonchev–Trinajstić information content (AvgIpc) is 2.15. The zero-order valence-corrected chi connectivity index (χ0v) is 8.99. The molecule has 0 aliphatic carbocycles. The van der Waals surface area contributed by atoms with Gasteiger partial charge in [-0.05, 0) is 31.2 Å². The summed E-state index contributed by atoms with van der Waals surface area (Å²) in [5.74, 6) is -0.809. The van der Waals surface area contributed by atoms with Gasteiger partial charge in [0.25, 0.3) is 0 Å². The van der Waals surface area contributed by atoms with Crippen LogP contribution in [0.3, 0.4) is 0 Å². The summed E-state index contributed by atoms with van der Waals surface area (Å²) in [6.07, 6.45) is -5.18. The van der Waals surface area contributed by atoms with Crippen molar-refractivity contribution in [3.05, 3.63) is 29.8 Å². The molecule has 0 amide bonds. The number of carboxylic acid groups (broad SMARTS) is 1. The molecular formula is C11H11F3O3. The van der Waals surface area contributed by atoms with Gasteiger partial charge >= 0.3 is 12.1 Å². The van der Waals surface area contributed by atoms with Crippen molar-refractivity contribution in [2.75, 3.05) is 0 Å². The Kier molecular flexibility index (Phi) is 3.98. The summed E-state index contributed by atoms with van der Waals surface area (Å²) >= 11 is 0. The van der Waals surface area contributed by atoms with E-state index in [4.69, 9.17) is 9.84 Å². The maximum atomic E-state index is 12.2. The predicted octanol–water partition coefficient (Wildman–Crippen LogP) is 2.95. The zero-order chi connectivity index (χ0) is 13.1. The molecule has 6 heteroatoms. The number of halogens is 3. The molecule has 17 heavy (non-hydrogen) atoms. The van der Waals surface area contributed by atoms with Crippen LogP contribution in [0.5, 0.6) is 5.75 Å². The van der Waals surface area contributed by atoms with Gasteiger partial charge in [-0.15, -0.1) is 0 Å². The normalized spacial score (nSPS) is 13.2. The predicted molar refractivity (Wildman–Crippen MR) is 53.8 cm³/mol. The Morgan fingerprint density at radius 1 is 1.35 bits per heavy atom. The van der Waals surface area contributed by atoms with E-state index < -0.39 is 23.8 Å². The summed E-state index contributed by atoms with van der Waals surface area (Å²) in [5, 5.41) is 8.48. The van der Waals surface area contributed by atoms with Crippen LogP contribution in [-0.4, -0.2) is 17.2 Å². The third-order valence-electron chi connectivity index (χ3n) is 1.98. The van der Waals surface area contributed by atoms with E-state index in [-0.39, 0.29) is 12.2 Å². The van der Waals surface area contributed by atoms with Gasteiger partial charge in [0, 0.05) is 0 Å². The van der Waals surface area contributed by atoms with Crippen LogP contribution >= 0.6 is 0 Å². The SMILES string of the molecule is CC(CC(=O)O)Oc1ccc(C(F)(F)F)cc1. The molecule has 1 N–H and O–H groups in total. The first-order chi connectivity index (χ1) is 7.79. The van der Waals surface area contributed by atoms with Crippen LogP contribution in [0.25, 0.3) is 0 Å². The van der Waals surface area contributed by atoms with Crippen LogP contribution in [0, 0.1) is 0 Å². The minimum Gasteiger partial charge on any atom is -0.490 e. The highest BCUT2D eigenvalue weighted by atomic mass is 19.4. The Bertz CT molecular complexity index is 384. The molecule has 1 aromatic rings. The molecule has 1 atom stereocenters. The van der Waals surface area contributed by atoms with Crippen LogP contribution < -0.4 is 4.74 Å². The monoisotopic (exact) mass is 248 g/mol. The van der Waals surface area contributed by atoms with Crippen LogP contribution in [0.15, 0.2) is 24.3 Å². The van der Waals surface area contributed by atoms with E-state index in [2.05, 4.69) is 0 Å². The largest absolute Gasteiger partial charge is 0.490 e. The summed E-state index contributed by atoms with van der Waals surface area (Å²) in [7, 11) is 0. The van der Waals surface area contributed by atoms with Gasteiger partial charge in [-0.25, -0.2) is 0 Å². The lowest BCUT2D eigenvalue weighted by Crippen LogP contribution is -2.16. The van der Waals surface area contributed by atoms with Gasteiger partial charge in [0.05, 0.1) is 12.0 Å². The van der Waals surface area contributed by atoms with E-state index in [1.165, 1.54) is 19.1 Å². The van der Waals surface area contributed by atoms with Gasteiger partial charge in [0.1, 0.15) is 11.9 Å². The number of aliphatic carboxylic acids is 1. The minimum absolute atomic E-state index is 0.207. The molecule has 0 radical (unpaired) electrons. The Morgan fingerprint density at radius 3 is 2.29 bits per heavy atom. The molecule has 0 aliphatic rings. The van der Waals surface area contributed by atoms with E-state index in [0.29, 0.717) is 0 Å². The number of carbonyl (C=O) groups is 1. The lowest BCUT2D eigenvalue weighted by molar-refractivity contribution is -0.138. The van der Waals surface area contributed by atoms with Gasteiger partial charge in [-0.1, -0.05) is 0 Å². The maximum absolute atomic E-state index is 12.2. The molecule has 1 rings (SSSR count). The molecule has 0 saturated carbocycles. The highest BCUT2D eigenvalue weighted by Gasteiger charge is 2.30. The number of alkyl halides is 3. The van der Waals surface area contributed by atoms with Gasteiger partial charge in [0.2, 0.25) is 0 Å². The van der Waals surface area contributed by atoms with E-state index >= 15 is 0 Å². The molecule has 94 valence electrons. The fourth-order valence-electron chi connectivity index (χ4n) is 1.24. The van der Waals surface area contributed by atoms with Crippen molar-refractivity contribution in [3.63, 3.8) is 0 Å². The van der Waals surface area contributed by atoms with Gasteiger partial charge in [-0.3, -0.25) is 4.79 Å². The minimum atomic E-state index is -4.38. The highest BCUT2D eigenvalue weighted by Crippen LogP contribution is 2.30. The first-order valence-corrected chi connectivity index (χ1v) is 4.85. The standard InChI is InChI=1S/C11H11F3O3/c1-7(6-10(15)16)17-9-4-2-8(3-5-9)11(12,13)14/h2-5,7H,6H2,1H3,(H,15,16). The third kappa shape index (κ3) is 4.34. The molecule has 1 aromatic carbocycles. The average molecular weight is 248 g/mol. The summed E-state index contributed by atoms with van der Waals surface area (Å²) in [5.41, 5.74) is -0.768. The van der Waals surface area contributed by atoms with E-state index in [1.807, 2.05) is 0 Å². The van der Waals surface area contributed by atoms with Crippen LogP contribution in [-0.2, 0) is 11.0 Å². The Balaban J connectivity index is 2.66. The number of benzene rings is 1. The molecule has 0 saturated heterocycles. The van der Waals surface area contributed by atoms with E-state index in [9.17, 15) is 18.0 Å². The van der Waals surface area contributed by atoms with Crippen LogP contribution in [0.2, 0.25) is 0 Å². The molecule has 0 spiro atoms. The summed E-state index contributed by atoms with van der Waals surface area (Å²) in [6.45, 7) is 1.53. The Labute approximate surface area is 95.8 Å². The fraction of sp³-hybridized carbons (Fsp3) is 0.364. The number of rotatable bonds is 4. The van der Waals surface area contributed by atoms with Crippen molar-refractivity contribution in [2.24, 2.45) is 0 Å². The quantitative estimate of drug-likeness (QED) is 0.891. The number of carboxylic acids is 1. The second-order valence-electron chi connectivity index (χ2n) is 3.55. The van der Waals surface area contributed by atoms with Crippen LogP contribution in [0.4, 0.5) is 13.2 Å². The first kappa shape index (κ1) is 13.3. The van der Waals surface area contributed by atoms with Crippen molar-refractivity contribution in [1.82, 2.24) is 0 Å². The van der Waals surface area contributed by atoms with Crippen LogP contribution in [0.1, 0.15) is 18.9 Å². The van der Waals surface area contributed by atoms with Crippen molar-refractivity contribution >= 4 is 5.97 Å². The molecule has 0 aromatic heterocycles. The maximum Gasteiger partial charge on any atom is 0.416 e. The topological polar surface area (TPSA) is 46.5 Å². The third-order valence-corrected chi connectivity index (χ3v) is 1.98. The summed E-state index contributed by atoms with van der Waals surface area (Å²) in [4.78, 5) is 10.4. The van der Waals surface area contributed by atoms with Crippen molar-refractivity contribution in [1.29, 1.82) is 0 Å². The molecule has 0 bridgehead atoms. The summed E-state index contributed by atoms with van der Waals surface area (Å²) in [6, 6.07) is 4.12. The lowest BCUT2D eigenvalue weighted by Gasteiger charge is -2.13. The highest BCUT2D eigenvalue weighted by molar-refractivity contribution is 5.67. The van der Waals surface area contributed by atoms with E-state index in [1.54, 1.807) is 0 Å². The van der Waals surface area contributed by atoms with E-state index in [0.717, 1.165) is 12.1 Å². The second kappa shape index (κ2) is 5.07. The number of hydrogen-bond acceptors (Lipinski definition) is 2. The van der Waals surface area contributed by atoms with Gasteiger partial charge in [-0.2, -0.15) is 13.2 Å². The Morgan fingerprint density at radius 2 is 1.88 bits per heavy atom. The smallest absolute Gasteiger partial charge is 0.416 e. The fourth-order valence-corrected chi connectivity index (χ4v) is 1.24. The van der Waals surface area contributed by atoms with Crippen molar-refractivity contribution < 1.29 is 27.8 Å². The first-order valence-electron chi connectivity index (χ1n) is 4.85. The van der Waals surface area contributed by atoms with Gasteiger partial charge < -0.3 is 9.84 Å². The molecule has 0 heterocycles. The molecule has 0 aliphatic heterocycles. The molecule has 0 fully saturated rings.